The van der Waals surface area contributed by atoms with E-state index in [1.807, 2.05) is 5.32 Å². The number of hydrogen-bond donors (Lipinski definition) is 2. The number of carbonyl (C=O) groups excluding carboxylic acids is 1. The minimum absolute atomic E-state index is 0.0556. The molecule has 1 aliphatic rings. The quantitative estimate of drug-likeness (QED) is 0.649. The number of benzene rings is 1. The van der Waals surface area contributed by atoms with Gasteiger partial charge in [-0.2, -0.15) is 13.2 Å². The van der Waals surface area contributed by atoms with E-state index < -0.39 is 36.7 Å². The van der Waals surface area contributed by atoms with Gasteiger partial charge in [-0.05, 0) is 24.6 Å². The van der Waals surface area contributed by atoms with Crippen molar-refractivity contribution in [3.63, 3.8) is 0 Å². The Hall–Kier alpha value is -1.99. The largest absolute Gasteiger partial charge is 0.410 e. The molecule has 2 amide bonds. The average molecular weight is 291 g/mol. The fourth-order valence-corrected chi connectivity index (χ4v) is 2.06. The van der Waals surface area contributed by atoms with Crippen molar-refractivity contribution in [3.8, 4) is 0 Å². The van der Waals surface area contributed by atoms with Gasteiger partial charge in [0.05, 0.1) is 18.3 Å². The molecule has 0 radical (unpaired) electrons. The summed E-state index contributed by atoms with van der Waals surface area (Å²) in [5, 5.41) is 1.86. The minimum atomic E-state index is -4.50. The van der Waals surface area contributed by atoms with Crippen LogP contribution in [0, 0.1) is 5.82 Å². The monoisotopic (exact) mass is 291 g/mol. The van der Waals surface area contributed by atoms with Crippen molar-refractivity contribution in [1.82, 2.24) is 10.2 Å². The van der Waals surface area contributed by atoms with E-state index in [2.05, 4.69) is 0 Å². The van der Waals surface area contributed by atoms with Crippen molar-refractivity contribution in [2.24, 2.45) is 0 Å². The summed E-state index contributed by atoms with van der Waals surface area (Å²) in [6, 6.07) is 0.507. The lowest BCUT2D eigenvalue weighted by molar-refractivity contribution is -0.150. The Labute approximate surface area is 112 Å². The van der Waals surface area contributed by atoms with Gasteiger partial charge >= 0.3 is 12.2 Å². The van der Waals surface area contributed by atoms with E-state index in [4.69, 9.17) is 5.73 Å². The minimum Gasteiger partial charge on any atom is -0.396 e. The first-order valence-corrected chi connectivity index (χ1v) is 5.89. The summed E-state index contributed by atoms with van der Waals surface area (Å²) in [5.74, 6) is -0.665. The number of amides is 2. The van der Waals surface area contributed by atoms with Gasteiger partial charge in [0, 0.05) is 0 Å². The fraction of sp³-hybridized carbons (Fsp3) is 0.417. The van der Waals surface area contributed by atoms with Gasteiger partial charge in [0.15, 0.2) is 0 Å². The van der Waals surface area contributed by atoms with Gasteiger partial charge < -0.3 is 16.0 Å². The molecular formula is C12H13F4N3O. The Morgan fingerprint density at radius 2 is 2.10 bits per heavy atom. The molecule has 110 valence electrons. The normalized spacial score (nSPS) is 20.9. The molecule has 0 aliphatic carbocycles. The predicted octanol–water partition coefficient (Wildman–Crippen LogP) is 2.42. The van der Waals surface area contributed by atoms with Gasteiger partial charge in [-0.1, -0.05) is 6.07 Å². The highest BCUT2D eigenvalue weighted by Gasteiger charge is 2.47. The van der Waals surface area contributed by atoms with E-state index in [1.54, 1.807) is 0 Å². The highest BCUT2D eigenvalue weighted by molar-refractivity contribution is 5.77. The summed E-state index contributed by atoms with van der Waals surface area (Å²) in [7, 11) is 0. The molecule has 0 aromatic heterocycles. The van der Waals surface area contributed by atoms with Crippen molar-refractivity contribution < 1.29 is 22.4 Å². The molecule has 4 nitrogen and oxygen atoms in total. The van der Waals surface area contributed by atoms with Crippen LogP contribution in [0.3, 0.4) is 0 Å². The zero-order valence-electron chi connectivity index (χ0n) is 10.5. The van der Waals surface area contributed by atoms with Crippen molar-refractivity contribution in [2.75, 3.05) is 12.3 Å². The van der Waals surface area contributed by atoms with E-state index in [9.17, 15) is 22.4 Å². The SMILES string of the molecule is C[C@@H](c1ccc(N)c(F)c1)N1C[C@@H](C(F)(F)F)NC1=O. The summed E-state index contributed by atoms with van der Waals surface area (Å²) < 4.78 is 51.1. The number of rotatable bonds is 2. The summed E-state index contributed by atoms with van der Waals surface area (Å²) in [5.41, 5.74) is 5.66. The lowest BCUT2D eigenvalue weighted by Gasteiger charge is -2.24. The standard InChI is InChI=1S/C12H13F4N3O/c1-6(7-2-3-9(17)8(13)4-7)19-5-10(12(14,15)16)18-11(19)20/h2-4,6,10H,5,17H2,1H3,(H,18,20)/t6-,10-/m0/s1. The smallest absolute Gasteiger partial charge is 0.396 e. The van der Waals surface area contributed by atoms with Gasteiger partial charge in [-0.3, -0.25) is 0 Å². The second kappa shape index (κ2) is 4.84. The molecule has 0 saturated carbocycles. The highest BCUT2D eigenvalue weighted by atomic mass is 19.4. The van der Waals surface area contributed by atoms with Crippen molar-refractivity contribution in [1.29, 1.82) is 0 Å². The molecule has 2 atom stereocenters. The Morgan fingerprint density at radius 1 is 1.45 bits per heavy atom. The number of nitrogen functional groups attached to an aromatic ring is 1. The Balaban J connectivity index is 2.19. The first-order chi connectivity index (χ1) is 9.20. The van der Waals surface area contributed by atoms with E-state index in [1.165, 1.54) is 19.1 Å². The molecule has 0 bridgehead atoms. The highest BCUT2D eigenvalue weighted by Crippen LogP contribution is 2.30. The molecule has 1 saturated heterocycles. The molecule has 8 heteroatoms. The number of nitrogens with two attached hydrogens (primary N) is 1. The topological polar surface area (TPSA) is 58.4 Å². The number of alkyl halides is 3. The van der Waals surface area contributed by atoms with Crippen molar-refractivity contribution in [2.45, 2.75) is 25.2 Å². The van der Waals surface area contributed by atoms with Gasteiger partial charge in [0.1, 0.15) is 11.9 Å². The van der Waals surface area contributed by atoms with E-state index in [0.717, 1.165) is 11.0 Å². The average Bonchev–Trinajstić information content (AvgIpc) is 2.74. The van der Waals surface area contributed by atoms with Crippen molar-refractivity contribution in [3.05, 3.63) is 29.6 Å². The number of carbonyl (C=O) groups is 1. The van der Waals surface area contributed by atoms with Crippen molar-refractivity contribution >= 4 is 11.7 Å². The predicted molar refractivity (Wildman–Crippen MR) is 64.3 cm³/mol. The maximum Gasteiger partial charge on any atom is 0.410 e. The Kier molecular flexibility index (Phi) is 3.49. The molecule has 0 spiro atoms. The molecule has 1 aliphatic heterocycles. The first-order valence-electron chi connectivity index (χ1n) is 5.89. The Bertz CT molecular complexity index is 532. The van der Waals surface area contributed by atoms with E-state index in [0.29, 0.717) is 5.56 Å². The third-order valence-electron chi connectivity index (χ3n) is 3.31. The van der Waals surface area contributed by atoms with Crippen LogP contribution in [-0.4, -0.2) is 29.7 Å². The number of nitrogens with zero attached hydrogens (tertiary/aromatic N) is 1. The number of nitrogens with one attached hydrogen (secondary N) is 1. The van der Waals surface area contributed by atoms with Gasteiger partial charge in [-0.25, -0.2) is 9.18 Å². The first kappa shape index (κ1) is 14.4. The van der Waals surface area contributed by atoms with Crippen LogP contribution in [0.1, 0.15) is 18.5 Å². The third-order valence-corrected chi connectivity index (χ3v) is 3.31. The lowest BCUT2D eigenvalue weighted by Crippen LogP contribution is -2.40. The zero-order chi connectivity index (χ0) is 15.1. The number of urea groups is 1. The van der Waals surface area contributed by atoms with Crippen LogP contribution in [-0.2, 0) is 0 Å². The molecule has 1 aromatic rings. The summed E-state index contributed by atoms with van der Waals surface area (Å²) in [4.78, 5) is 12.6. The molecule has 1 heterocycles. The maximum absolute atomic E-state index is 13.4. The summed E-state index contributed by atoms with van der Waals surface area (Å²) in [6.07, 6.45) is -4.50. The number of halogens is 4. The van der Waals surface area contributed by atoms with E-state index >= 15 is 0 Å². The lowest BCUT2D eigenvalue weighted by atomic mass is 10.1. The van der Waals surface area contributed by atoms with Gasteiger partial charge in [-0.15, -0.1) is 0 Å². The molecule has 20 heavy (non-hydrogen) atoms. The summed E-state index contributed by atoms with van der Waals surface area (Å²) in [6.45, 7) is 1.03. The number of hydrogen-bond acceptors (Lipinski definition) is 2. The third kappa shape index (κ3) is 2.63. The van der Waals surface area contributed by atoms with Crippen LogP contribution in [0.5, 0.6) is 0 Å². The molecule has 2 rings (SSSR count). The van der Waals surface area contributed by atoms with Gasteiger partial charge in [0.25, 0.3) is 0 Å². The molecule has 1 fully saturated rings. The second-order valence-corrected chi connectivity index (χ2v) is 4.65. The van der Waals surface area contributed by atoms with Crippen LogP contribution in [0.2, 0.25) is 0 Å². The Morgan fingerprint density at radius 3 is 2.60 bits per heavy atom. The van der Waals surface area contributed by atoms with Gasteiger partial charge in [0.2, 0.25) is 0 Å². The van der Waals surface area contributed by atoms with Crippen LogP contribution in [0.4, 0.5) is 28.0 Å². The molecule has 1 aromatic carbocycles. The van der Waals surface area contributed by atoms with Crippen LogP contribution in [0.25, 0.3) is 0 Å². The zero-order valence-corrected chi connectivity index (χ0v) is 10.5. The molecular weight excluding hydrogens is 278 g/mol. The maximum atomic E-state index is 13.4. The summed E-state index contributed by atoms with van der Waals surface area (Å²) >= 11 is 0. The van der Waals surface area contributed by atoms with Crippen LogP contribution < -0.4 is 11.1 Å². The van der Waals surface area contributed by atoms with Crippen LogP contribution >= 0.6 is 0 Å². The number of anilines is 1. The second-order valence-electron chi connectivity index (χ2n) is 4.65. The van der Waals surface area contributed by atoms with E-state index in [-0.39, 0.29) is 5.69 Å². The molecule has 0 unspecified atom stereocenters. The molecule has 3 N–H and O–H groups in total. The van der Waals surface area contributed by atoms with Crippen LogP contribution in [0.15, 0.2) is 18.2 Å². The fourth-order valence-electron chi connectivity index (χ4n) is 2.06.